The summed E-state index contributed by atoms with van der Waals surface area (Å²) >= 11 is 1.46. The second kappa shape index (κ2) is 11.8. The Kier molecular flexibility index (Phi) is 9.42. The number of hydrogen-bond donors (Lipinski definition) is 3. The molecule has 1 aromatic rings. The van der Waals surface area contributed by atoms with Gasteiger partial charge < -0.3 is 25.4 Å². The second-order valence-electron chi connectivity index (χ2n) is 8.04. The summed E-state index contributed by atoms with van der Waals surface area (Å²) < 4.78 is 4.33. The van der Waals surface area contributed by atoms with Crippen LogP contribution in [-0.2, 0) is 20.7 Å². The lowest BCUT2D eigenvalue weighted by Gasteiger charge is -2.33. The third-order valence-corrected chi connectivity index (χ3v) is 6.52. The van der Waals surface area contributed by atoms with Crippen LogP contribution in [0.5, 0.6) is 0 Å². The van der Waals surface area contributed by atoms with Gasteiger partial charge in [0.2, 0.25) is 5.91 Å². The van der Waals surface area contributed by atoms with Crippen molar-refractivity contribution in [3.63, 3.8) is 0 Å². The number of alkyl carbamates (subject to hydrolysis) is 1. The average Bonchev–Trinajstić information content (AvgIpc) is 3.10. The molecule has 174 valence electrons. The molecule has 3 N–H and O–H groups in total. The second-order valence-corrected chi connectivity index (χ2v) is 9.64. The van der Waals surface area contributed by atoms with Crippen molar-refractivity contribution in [2.75, 3.05) is 19.0 Å². The standard InChI is InChI=1S/C23H31N3O5S/c1-5-12-24-20(28)19-23(3,4)32-15-26(19)21(29)18(27)17(25-22(30)31-13-6-2)14-16-10-8-7-9-11-16/h2,7-11,17-19,27H,5,12-15H2,1,3-4H3,(H,24,28)(H,25,30)/t17-,18-,19?/m0/s1. The molecule has 0 aromatic heterocycles. The van der Waals surface area contributed by atoms with Crippen LogP contribution in [0.4, 0.5) is 4.79 Å². The molecule has 1 aliphatic rings. The van der Waals surface area contributed by atoms with Crippen LogP contribution < -0.4 is 10.6 Å². The fourth-order valence-corrected chi connectivity index (χ4v) is 4.65. The van der Waals surface area contributed by atoms with Gasteiger partial charge in [0, 0.05) is 11.3 Å². The van der Waals surface area contributed by atoms with E-state index in [1.807, 2.05) is 51.1 Å². The molecule has 0 spiro atoms. The number of carbonyl (C=O) groups is 3. The van der Waals surface area contributed by atoms with Gasteiger partial charge in [-0.25, -0.2) is 4.79 Å². The van der Waals surface area contributed by atoms with Crippen LogP contribution in [0.15, 0.2) is 30.3 Å². The first kappa shape index (κ1) is 25.6. The number of nitrogens with zero attached hydrogens (tertiary/aromatic N) is 1. The Morgan fingerprint density at radius 3 is 2.66 bits per heavy atom. The number of hydrogen-bond acceptors (Lipinski definition) is 6. The molecule has 1 heterocycles. The van der Waals surface area contributed by atoms with E-state index in [9.17, 15) is 19.5 Å². The third-order valence-electron chi connectivity index (χ3n) is 5.15. The van der Waals surface area contributed by atoms with Gasteiger partial charge in [-0.2, -0.15) is 0 Å². The van der Waals surface area contributed by atoms with E-state index >= 15 is 0 Å². The van der Waals surface area contributed by atoms with Gasteiger partial charge in [0.25, 0.3) is 5.91 Å². The minimum Gasteiger partial charge on any atom is -0.436 e. The molecular formula is C23H31N3O5S. The average molecular weight is 462 g/mol. The third kappa shape index (κ3) is 6.65. The first-order valence-corrected chi connectivity index (χ1v) is 11.5. The molecule has 1 saturated heterocycles. The smallest absolute Gasteiger partial charge is 0.408 e. The maximum absolute atomic E-state index is 13.3. The summed E-state index contributed by atoms with van der Waals surface area (Å²) in [6.07, 6.45) is 3.67. The van der Waals surface area contributed by atoms with Gasteiger partial charge in [-0.05, 0) is 32.3 Å². The van der Waals surface area contributed by atoms with Crippen molar-refractivity contribution in [3.05, 3.63) is 35.9 Å². The van der Waals surface area contributed by atoms with Gasteiger partial charge in [-0.15, -0.1) is 18.2 Å². The van der Waals surface area contributed by atoms with E-state index in [0.717, 1.165) is 12.0 Å². The van der Waals surface area contributed by atoms with E-state index in [4.69, 9.17) is 11.2 Å². The van der Waals surface area contributed by atoms with Crippen LogP contribution >= 0.6 is 11.8 Å². The highest BCUT2D eigenvalue weighted by molar-refractivity contribution is 8.00. The SMILES string of the molecule is C#CCOC(=O)N[C@@H](Cc1ccccc1)[C@H](O)C(=O)N1CSC(C)(C)C1C(=O)NCCC. The Bertz CT molecular complexity index is 840. The van der Waals surface area contributed by atoms with Gasteiger partial charge in [0.15, 0.2) is 12.7 Å². The number of thioether (sulfide) groups is 1. The fourth-order valence-electron chi connectivity index (χ4n) is 3.51. The number of nitrogens with one attached hydrogen (secondary N) is 2. The fraction of sp³-hybridized carbons (Fsp3) is 0.522. The van der Waals surface area contributed by atoms with Gasteiger partial charge >= 0.3 is 6.09 Å². The largest absolute Gasteiger partial charge is 0.436 e. The van der Waals surface area contributed by atoms with Crippen molar-refractivity contribution in [1.29, 1.82) is 0 Å². The van der Waals surface area contributed by atoms with E-state index in [1.54, 1.807) is 0 Å². The van der Waals surface area contributed by atoms with Crippen LogP contribution in [0.3, 0.4) is 0 Å². The molecule has 0 radical (unpaired) electrons. The summed E-state index contributed by atoms with van der Waals surface area (Å²) in [6, 6.07) is 7.44. The lowest BCUT2D eigenvalue weighted by atomic mass is 9.97. The predicted molar refractivity (Wildman–Crippen MR) is 124 cm³/mol. The van der Waals surface area contributed by atoms with E-state index < -0.39 is 34.9 Å². The normalized spacial score (nSPS) is 18.8. The zero-order valence-electron chi connectivity index (χ0n) is 18.7. The first-order valence-electron chi connectivity index (χ1n) is 10.5. The van der Waals surface area contributed by atoms with Crippen LogP contribution in [0.1, 0.15) is 32.8 Å². The summed E-state index contributed by atoms with van der Waals surface area (Å²) in [4.78, 5) is 39.6. The van der Waals surface area contributed by atoms with E-state index in [1.165, 1.54) is 16.7 Å². The number of carbonyl (C=O) groups excluding carboxylic acids is 3. The number of aliphatic hydroxyl groups excluding tert-OH is 1. The van der Waals surface area contributed by atoms with Crippen molar-refractivity contribution in [2.45, 2.75) is 56.5 Å². The molecule has 0 bridgehead atoms. The van der Waals surface area contributed by atoms with Gasteiger partial charge in [0.05, 0.1) is 11.9 Å². The molecule has 8 nitrogen and oxygen atoms in total. The molecule has 3 amide bonds. The van der Waals surface area contributed by atoms with E-state index in [0.29, 0.717) is 6.54 Å². The van der Waals surface area contributed by atoms with Crippen LogP contribution in [-0.4, -0.2) is 69.9 Å². The Balaban J connectivity index is 2.23. The number of aliphatic hydroxyl groups is 1. The summed E-state index contributed by atoms with van der Waals surface area (Å²) in [5.41, 5.74) is 0.815. The Labute approximate surface area is 193 Å². The van der Waals surface area contributed by atoms with E-state index in [-0.39, 0.29) is 24.8 Å². The Morgan fingerprint density at radius 1 is 1.34 bits per heavy atom. The molecule has 1 aromatic carbocycles. The zero-order valence-corrected chi connectivity index (χ0v) is 19.5. The molecule has 1 aliphatic heterocycles. The highest BCUT2D eigenvalue weighted by Crippen LogP contribution is 2.39. The van der Waals surface area contributed by atoms with Gasteiger partial charge in [0.1, 0.15) is 6.04 Å². The highest BCUT2D eigenvalue weighted by atomic mass is 32.2. The molecule has 0 aliphatic carbocycles. The van der Waals surface area contributed by atoms with Crippen molar-refractivity contribution in [2.24, 2.45) is 0 Å². The number of terminal acetylenes is 1. The quantitative estimate of drug-likeness (QED) is 0.482. The summed E-state index contributed by atoms with van der Waals surface area (Å²) in [6.45, 7) is 6.00. The highest BCUT2D eigenvalue weighted by Gasteiger charge is 2.49. The molecule has 32 heavy (non-hydrogen) atoms. The summed E-state index contributed by atoms with van der Waals surface area (Å²) in [7, 11) is 0. The molecule has 9 heteroatoms. The van der Waals surface area contributed by atoms with Gasteiger partial charge in [-0.3, -0.25) is 9.59 Å². The number of benzene rings is 1. The van der Waals surface area contributed by atoms with E-state index in [2.05, 4.69) is 16.6 Å². The molecular weight excluding hydrogens is 430 g/mol. The number of ether oxygens (including phenoxy) is 1. The lowest BCUT2D eigenvalue weighted by molar-refractivity contribution is -0.147. The Hall–Kier alpha value is -2.70. The van der Waals surface area contributed by atoms with Crippen molar-refractivity contribution in [1.82, 2.24) is 15.5 Å². The topological polar surface area (TPSA) is 108 Å². The maximum atomic E-state index is 13.3. The molecule has 1 unspecified atom stereocenters. The van der Waals surface area contributed by atoms with Crippen LogP contribution in [0.25, 0.3) is 0 Å². The van der Waals surface area contributed by atoms with Crippen LogP contribution in [0.2, 0.25) is 0 Å². The van der Waals surface area contributed by atoms with Crippen molar-refractivity contribution in [3.8, 4) is 12.3 Å². The lowest BCUT2D eigenvalue weighted by Crippen LogP contribution is -2.58. The minimum absolute atomic E-state index is 0.190. The van der Waals surface area contributed by atoms with Crippen molar-refractivity contribution >= 4 is 29.7 Å². The van der Waals surface area contributed by atoms with Crippen LogP contribution in [0, 0.1) is 12.3 Å². The Morgan fingerprint density at radius 2 is 2.03 bits per heavy atom. The summed E-state index contributed by atoms with van der Waals surface area (Å²) in [5, 5.41) is 16.4. The minimum atomic E-state index is -1.58. The molecule has 3 atom stereocenters. The van der Waals surface area contributed by atoms with Gasteiger partial charge in [-0.1, -0.05) is 43.2 Å². The number of rotatable bonds is 9. The molecule has 1 fully saturated rings. The number of amides is 3. The zero-order chi connectivity index (χ0) is 23.7. The monoisotopic (exact) mass is 461 g/mol. The maximum Gasteiger partial charge on any atom is 0.408 e. The first-order chi connectivity index (χ1) is 15.2. The molecule has 0 saturated carbocycles. The van der Waals surface area contributed by atoms with Crippen molar-refractivity contribution < 1.29 is 24.2 Å². The summed E-state index contributed by atoms with van der Waals surface area (Å²) in [5.74, 6) is 1.56. The predicted octanol–water partition coefficient (Wildman–Crippen LogP) is 1.52. The molecule has 2 rings (SSSR count).